The molecule has 1 fully saturated rings. The van der Waals surface area contributed by atoms with Gasteiger partial charge in [0.25, 0.3) is 0 Å². The predicted molar refractivity (Wildman–Crippen MR) is 129 cm³/mol. The van der Waals surface area contributed by atoms with Crippen molar-refractivity contribution in [1.82, 2.24) is 14.5 Å². The van der Waals surface area contributed by atoms with E-state index in [1.807, 2.05) is 6.33 Å². The van der Waals surface area contributed by atoms with Crippen molar-refractivity contribution in [1.29, 1.82) is 5.26 Å². The first-order valence-electron chi connectivity index (χ1n) is 11.2. The third-order valence-electron chi connectivity index (χ3n) is 6.34. The second-order valence-corrected chi connectivity index (χ2v) is 8.29. The van der Waals surface area contributed by atoms with E-state index >= 15 is 0 Å². The van der Waals surface area contributed by atoms with Gasteiger partial charge in [-0.3, -0.25) is 4.90 Å². The summed E-state index contributed by atoms with van der Waals surface area (Å²) in [5.41, 5.74) is 5.88. The van der Waals surface area contributed by atoms with Crippen LogP contribution < -0.4 is 4.90 Å². The summed E-state index contributed by atoms with van der Waals surface area (Å²) >= 11 is 0. The summed E-state index contributed by atoms with van der Waals surface area (Å²) in [7, 11) is 0. The Morgan fingerprint density at radius 2 is 1.50 bits per heavy atom. The molecule has 0 amide bonds. The maximum Gasteiger partial charge on any atom is 0.0966 e. The molecule has 4 aromatic rings. The number of piperazine rings is 1. The molecular formula is C27H27N5. The summed E-state index contributed by atoms with van der Waals surface area (Å²) in [6.45, 7) is 4.81. The third kappa shape index (κ3) is 4.10. The molecule has 0 spiro atoms. The molecular weight excluding hydrogens is 394 g/mol. The average molecular weight is 422 g/mol. The molecule has 2 heterocycles. The fourth-order valence-corrected chi connectivity index (χ4v) is 4.64. The first-order valence-corrected chi connectivity index (χ1v) is 11.2. The van der Waals surface area contributed by atoms with Gasteiger partial charge in [0.15, 0.2) is 0 Å². The van der Waals surface area contributed by atoms with Crippen molar-refractivity contribution in [2.75, 3.05) is 37.6 Å². The second-order valence-electron chi connectivity index (χ2n) is 8.29. The van der Waals surface area contributed by atoms with Crippen molar-refractivity contribution < 1.29 is 0 Å². The zero-order valence-electron chi connectivity index (χ0n) is 18.1. The Hall–Kier alpha value is -3.62. The van der Waals surface area contributed by atoms with Gasteiger partial charge in [-0.05, 0) is 29.3 Å². The van der Waals surface area contributed by atoms with Gasteiger partial charge in [-0.1, -0.05) is 60.7 Å². The van der Waals surface area contributed by atoms with Crippen LogP contribution in [-0.4, -0.2) is 47.2 Å². The monoisotopic (exact) mass is 421 g/mol. The van der Waals surface area contributed by atoms with Crippen LogP contribution in [0.2, 0.25) is 0 Å². The zero-order chi connectivity index (χ0) is 21.8. The molecule has 160 valence electrons. The van der Waals surface area contributed by atoms with Gasteiger partial charge in [0, 0.05) is 44.8 Å². The van der Waals surface area contributed by atoms with Gasteiger partial charge >= 0.3 is 0 Å². The lowest BCUT2D eigenvalue weighted by Gasteiger charge is -2.35. The number of fused-ring (bicyclic) bond motifs is 1. The van der Waals surface area contributed by atoms with Crippen LogP contribution in [0.4, 0.5) is 5.69 Å². The van der Waals surface area contributed by atoms with E-state index in [0.29, 0.717) is 6.42 Å². The van der Waals surface area contributed by atoms with E-state index in [1.54, 1.807) is 0 Å². The summed E-state index contributed by atoms with van der Waals surface area (Å²) in [4.78, 5) is 9.55. The van der Waals surface area contributed by atoms with Crippen molar-refractivity contribution >= 4 is 16.7 Å². The van der Waals surface area contributed by atoms with Gasteiger partial charge in [0.2, 0.25) is 0 Å². The minimum absolute atomic E-state index is 0.0699. The standard InChI is InChI=1S/C27H27N5/c28-14-7-15-30-16-18-31(19-17-30)24-12-13-25-26(20-24)32(21-29-25)27(22-8-3-1-4-9-22)23-10-5-2-6-11-23/h1-6,8-13,20-21,27H,7,15-19H2. The summed E-state index contributed by atoms with van der Waals surface area (Å²) in [5.74, 6) is 0. The number of hydrogen-bond donors (Lipinski definition) is 0. The lowest BCUT2D eigenvalue weighted by atomic mass is 9.98. The number of benzene rings is 3. The van der Waals surface area contributed by atoms with E-state index in [4.69, 9.17) is 10.2 Å². The van der Waals surface area contributed by atoms with Crippen LogP contribution in [0.15, 0.2) is 85.2 Å². The predicted octanol–water partition coefficient (Wildman–Crippen LogP) is 4.71. The molecule has 0 unspecified atom stereocenters. The maximum absolute atomic E-state index is 8.85. The Bertz CT molecular complexity index is 1160. The van der Waals surface area contributed by atoms with Crippen LogP contribution in [0.25, 0.3) is 11.0 Å². The van der Waals surface area contributed by atoms with E-state index in [-0.39, 0.29) is 6.04 Å². The molecule has 32 heavy (non-hydrogen) atoms. The van der Waals surface area contributed by atoms with Gasteiger partial charge < -0.3 is 9.47 Å². The fraction of sp³-hybridized carbons (Fsp3) is 0.259. The van der Waals surface area contributed by atoms with Crippen molar-refractivity contribution in [3.8, 4) is 6.07 Å². The zero-order valence-corrected chi connectivity index (χ0v) is 18.1. The van der Waals surface area contributed by atoms with Gasteiger partial charge in [-0.15, -0.1) is 0 Å². The first kappa shape index (κ1) is 20.3. The Kier molecular flexibility index (Phi) is 5.87. The molecule has 0 radical (unpaired) electrons. The van der Waals surface area contributed by atoms with Crippen LogP contribution in [0.1, 0.15) is 23.6 Å². The molecule has 5 rings (SSSR count). The van der Waals surface area contributed by atoms with Crippen molar-refractivity contribution in [2.24, 2.45) is 0 Å². The first-order chi connectivity index (χ1) is 15.8. The molecule has 0 saturated carbocycles. The Balaban J connectivity index is 1.49. The summed E-state index contributed by atoms with van der Waals surface area (Å²) in [6.07, 6.45) is 2.57. The molecule has 3 aromatic carbocycles. The number of aromatic nitrogens is 2. The highest BCUT2D eigenvalue weighted by Crippen LogP contribution is 2.31. The number of imidazole rings is 1. The van der Waals surface area contributed by atoms with Crippen molar-refractivity contribution in [3.63, 3.8) is 0 Å². The topological polar surface area (TPSA) is 48.1 Å². The Labute approximate surface area is 189 Å². The number of rotatable bonds is 6. The summed E-state index contributed by atoms with van der Waals surface area (Å²) in [6, 6.07) is 30.2. The van der Waals surface area contributed by atoms with Crippen LogP contribution in [0.5, 0.6) is 0 Å². The van der Waals surface area contributed by atoms with Gasteiger partial charge in [0.05, 0.1) is 29.5 Å². The maximum atomic E-state index is 8.85. The minimum Gasteiger partial charge on any atom is -0.369 e. The summed E-state index contributed by atoms with van der Waals surface area (Å²) in [5, 5.41) is 8.85. The van der Waals surface area contributed by atoms with E-state index in [0.717, 1.165) is 43.8 Å². The Morgan fingerprint density at radius 3 is 2.12 bits per heavy atom. The molecule has 0 bridgehead atoms. The van der Waals surface area contributed by atoms with Crippen molar-refractivity contribution in [2.45, 2.75) is 12.5 Å². The molecule has 5 nitrogen and oxygen atoms in total. The average Bonchev–Trinajstić information content (AvgIpc) is 3.27. The molecule has 1 aromatic heterocycles. The van der Waals surface area contributed by atoms with E-state index in [9.17, 15) is 0 Å². The molecule has 1 aliphatic rings. The van der Waals surface area contributed by atoms with E-state index in [1.165, 1.54) is 16.8 Å². The van der Waals surface area contributed by atoms with Crippen molar-refractivity contribution in [3.05, 3.63) is 96.3 Å². The summed E-state index contributed by atoms with van der Waals surface area (Å²) < 4.78 is 2.30. The minimum atomic E-state index is 0.0699. The molecule has 1 aliphatic heterocycles. The van der Waals surface area contributed by atoms with Crippen LogP contribution in [-0.2, 0) is 0 Å². The third-order valence-corrected chi connectivity index (χ3v) is 6.34. The largest absolute Gasteiger partial charge is 0.369 e. The SMILES string of the molecule is N#CCCN1CCN(c2ccc3ncn(C(c4ccccc4)c4ccccc4)c3c2)CC1. The number of anilines is 1. The molecule has 0 aliphatic carbocycles. The van der Waals surface area contributed by atoms with Crippen LogP contribution >= 0.6 is 0 Å². The lowest BCUT2D eigenvalue weighted by molar-refractivity contribution is 0.263. The van der Waals surface area contributed by atoms with Gasteiger partial charge in [0.1, 0.15) is 0 Å². The smallest absolute Gasteiger partial charge is 0.0966 e. The quantitative estimate of drug-likeness (QED) is 0.452. The highest BCUT2D eigenvalue weighted by molar-refractivity contribution is 5.80. The fourth-order valence-electron chi connectivity index (χ4n) is 4.64. The van der Waals surface area contributed by atoms with Gasteiger partial charge in [-0.25, -0.2) is 4.98 Å². The number of hydrogen-bond acceptors (Lipinski definition) is 4. The van der Waals surface area contributed by atoms with E-state index < -0.39 is 0 Å². The van der Waals surface area contributed by atoms with Gasteiger partial charge in [-0.2, -0.15) is 5.26 Å². The highest BCUT2D eigenvalue weighted by atomic mass is 15.3. The molecule has 1 saturated heterocycles. The normalized spacial score (nSPS) is 14.7. The van der Waals surface area contributed by atoms with E-state index in [2.05, 4.69) is 99.3 Å². The second kappa shape index (κ2) is 9.25. The molecule has 5 heteroatoms. The Morgan fingerprint density at radius 1 is 0.844 bits per heavy atom. The van der Waals surface area contributed by atoms with Crippen LogP contribution in [0, 0.1) is 11.3 Å². The molecule has 0 atom stereocenters. The molecule has 0 N–H and O–H groups in total. The highest BCUT2D eigenvalue weighted by Gasteiger charge is 2.21. The van der Waals surface area contributed by atoms with Crippen LogP contribution in [0.3, 0.4) is 0 Å². The number of nitriles is 1. The lowest BCUT2D eigenvalue weighted by Crippen LogP contribution is -2.46. The number of nitrogens with zero attached hydrogens (tertiary/aromatic N) is 5.